The van der Waals surface area contributed by atoms with Crippen molar-refractivity contribution in [1.82, 2.24) is 0 Å². The van der Waals surface area contributed by atoms with Crippen LogP contribution in [0, 0.1) is 0 Å². The van der Waals surface area contributed by atoms with Crippen molar-refractivity contribution in [1.29, 1.82) is 0 Å². The molecule has 0 bridgehead atoms. The Bertz CT molecular complexity index is 558. The van der Waals surface area contributed by atoms with Gasteiger partial charge in [-0.2, -0.15) is 0 Å². The lowest BCUT2D eigenvalue weighted by molar-refractivity contribution is 0.215. The summed E-state index contributed by atoms with van der Waals surface area (Å²) in [6.45, 7) is 3.00. The third kappa shape index (κ3) is 5.40. The predicted molar refractivity (Wildman–Crippen MR) is 88.9 cm³/mol. The van der Waals surface area contributed by atoms with Crippen molar-refractivity contribution in [3.05, 3.63) is 58.6 Å². The summed E-state index contributed by atoms with van der Waals surface area (Å²) < 4.78 is 12.5. The van der Waals surface area contributed by atoms with Crippen molar-refractivity contribution >= 4 is 15.9 Å². The number of benzene rings is 2. The molecular formula is C17H20BrNO2. The molecule has 21 heavy (non-hydrogen) atoms. The highest BCUT2D eigenvalue weighted by Gasteiger charge is 2.07. The number of hydrogen-bond donors (Lipinski definition) is 1. The SMILES string of the molecule is CC(N)Cc1cc(Br)ccc1OCCOc1ccccc1. The third-order valence-corrected chi connectivity index (χ3v) is 3.41. The van der Waals surface area contributed by atoms with Crippen LogP contribution in [0.15, 0.2) is 53.0 Å². The molecule has 112 valence electrons. The highest BCUT2D eigenvalue weighted by Crippen LogP contribution is 2.24. The lowest BCUT2D eigenvalue weighted by Gasteiger charge is -2.14. The minimum Gasteiger partial charge on any atom is -0.490 e. The summed E-state index contributed by atoms with van der Waals surface area (Å²) in [6.07, 6.45) is 0.786. The molecule has 0 aromatic heterocycles. The van der Waals surface area contributed by atoms with Gasteiger partial charge in [0.25, 0.3) is 0 Å². The summed E-state index contributed by atoms with van der Waals surface area (Å²) in [5, 5.41) is 0. The molecule has 2 aromatic rings. The van der Waals surface area contributed by atoms with Crippen molar-refractivity contribution < 1.29 is 9.47 Å². The van der Waals surface area contributed by atoms with E-state index in [2.05, 4.69) is 22.0 Å². The van der Waals surface area contributed by atoms with Crippen LogP contribution in [0.4, 0.5) is 0 Å². The van der Waals surface area contributed by atoms with Gasteiger partial charge in [0.15, 0.2) is 0 Å². The van der Waals surface area contributed by atoms with E-state index in [4.69, 9.17) is 15.2 Å². The van der Waals surface area contributed by atoms with Crippen LogP contribution in [-0.4, -0.2) is 19.3 Å². The Balaban J connectivity index is 1.87. The molecule has 2 rings (SSSR count). The van der Waals surface area contributed by atoms with E-state index in [0.29, 0.717) is 13.2 Å². The van der Waals surface area contributed by atoms with Gasteiger partial charge in [-0.25, -0.2) is 0 Å². The van der Waals surface area contributed by atoms with E-state index < -0.39 is 0 Å². The third-order valence-electron chi connectivity index (χ3n) is 2.92. The zero-order valence-corrected chi connectivity index (χ0v) is 13.7. The first-order valence-electron chi connectivity index (χ1n) is 7.00. The zero-order chi connectivity index (χ0) is 15.1. The normalized spacial score (nSPS) is 12.0. The molecule has 1 unspecified atom stereocenters. The van der Waals surface area contributed by atoms with Crippen LogP contribution in [0.1, 0.15) is 12.5 Å². The number of hydrogen-bond acceptors (Lipinski definition) is 3. The number of halogens is 1. The van der Waals surface area contributed by atoms with Crippen molar-refractivity contribution in [3.8, 4) is 11.5 Å². The number of ether oxygens (including phenoxy) is 2. The van der Waals surface area contributed by atoms with Gasteiger partial charge in [0.05, 0.1) is 0 Å². The van der Waals surface area contributed by atoms with Gasteiger partial charge in [-0.15, -0.1) is 0 Å². The van der Waals surface area contributed by atoms with E-state index in [0.717, 1.165) is 28.0 Å². The maximum absolute atomic E-state index is 5.88. The summed E-state index contributed by atoms with van der Waals surface area (Å²) in [4.78, 5) is 0. The molecule has 0 saturated carbocycles. The Morgan fingerprint density at radius 1 is 1.05 bits per heavy atom. The summed E-state index contributed by atoms with van der Waals surface area (Å²) >= 11 is 3.48. The largest absolute Gasteiger partial charge is 0.490 e. The first kappa shape index (κ1) is 15.9. The van der Waals surface area contributed by atoms with Gasteiger partial charge in [-0.3, -0.25) is 0 Å². The van der Waals surface area contributed by atoms with Gasteiger partial charge >= 0.3 is 0 Å². The van der Waals surface area contributed by atoms with Crippen LogP contribution in [0.2, 0.25) is 0 Å². The highest BCUT2D eigenvalue weighted by molar-refractivity contribution is 9.10. The fraction of sp³-hybridized carbons (Fsp3) is 0.294. The molecule has 0 heterocycles. The van der Waals surface area contributed by atoms with Crippen LogP contribution in [0.25, 0.3) is 0 Å². The molecule has 0 saturated heterocycles. The Hall–Kier alpha value is -1.52. The van der Waals surface area contributed by atoms with Gasteiger partial charge in [-0.1, -0.05) is 34.1 Å². The first-order valence-corrected chi connectivity index (χ1v) is 7.79. The van der Waals surface area contributed by atoms with E-state index >= 15 is 0 Å². The maximum atomic E-state index is 5.88. The molecule has 4 heteroatoms. The molecule has 0 fully saturated rings. The van der Waals surface area contributed by atoms with E-state index in [-0.39, 0.29) is 6.04 Å². The predicted octanol–water partition coefficient (Wildman–Crippen LogP) is 3.80. The van der Waals surface area contributed by atoms with Gasteiger partial charge in [0, 0.05) is 10.5 Å². The smallest absolute Gasteiger partial charge is 0.122 e. The molecule has 0 aliphatic carbocycles. The fourth-order valence-electron chi connectivity index (χ4n) is 2.02. The van der Waals surface area contributed by atoms with Crippen LogP contribution in [0.3, 0.4) is 0 Å². The molecule has 0 radical (unpaired) electrons. The summed E-state index contributed by atoms with van der Waals surface area (Å²) in [5.74, 6) is 1.72. The monoisotopic (exact) mass is 349 g/mol. The molecule has 0 aliphatic rings. The first-order chi connectivity index (χ1) is 10.1. The van der Waals surface area contributed by atoms with Gasteiger partial charge in [-0.05, 0) is 49.2 Å². The average Bonchev–Trinajstić information content (AvgIpc) is 2.46. The molecule has 3 nitrogen and oxygen atoms in total. The van der Waals surface area contributed by atoms with Gasteiger partial charge < -0.3 is 15.2 Å². The minimum atomic E-state index is 0.0993. The maximum Gasteiger partial charge on any atom is 0.122 e. The second-order valence-corrected chi connectivity index (χ2v) is 5.86. The summed E-state index contributed by atoms with van der Waals surface area (Å²) in [7, 11) is 0. The summed E-state index contributed by atoms with van der Waals surface area (Å²) in [5.41, 5.74) is 6.99. The van der Waals surface area contributed by atoms with Crippen LogP contribution in [-0.2, 0) is 6.42 Å². The van der Waals surface area contributed by atoms with Gasteiger partial charge in [0.1, 0.15) is 24.7 Å². The Labute approximate surface area is 134 Å². The van der Waals surface area contributed by atoms with Crippen LogP contribution in [0.5, 0.6) is 11.5 Å². The topological polar surface area (TPSA) is 44.5 Å². The lowest BCUT2D eigenvalue weighted by Crippen LogP contribution is -2.19. The second kappa shape index (κ2) is 8.05. The van der Waals surface area contributed by atoms with E-state index in [9.17, 15) is 0 Å². The second-order valence-electron chi connectivity index (χ2n) is 4.94. The molecule has 2 aromatic carbocycles. The Morgan fingerprint density at radius 3 is 2.48 bits per heavy atom. The van der Waals surface area contributed by atoms with Crippen molar-refractivity contribution in [2.75, 3.05) is 13.2 Å². The van der Waals surface area contributed by atoms with Crippen LogP contribution < -0.4 is 15.2 Å². The Kier molecular flexibility index (Phi) is 6.08. The van der Waals surface area contributed by atoms with Crippen LogP contribution >= 0.6 is 15.9 Å². The van der Waals surface area contributed by atoms with Crippen molar-refractivity contribution in [2.24, 2.45) is 5.73 Å². The zero-order valence-electron chi connectivity index (χ0n) is 12.1. The number of rotatable bonds is 7. The highest BCUT2D eigenvalue weighted by atomic mass is 79.9. The van der Waals surface area contributed by atoms with E-state index in [1.54, 1.807) is 0 Å². The molecular weight excluding hydrogens is 330 g/mol. The van der Waals surface area contributed by atoms with Crippen molar-refractivity contribution in [3.63, 3.8) is 0 Å². The van der Waals surface area contributed by atoms with Crippen molar-refractivity contribution in [2.45, 2.75) is 19.4 Å². The standard InChI is InChI=1S/C17H20BrNO2/c1-13(19)11-14-12-15(18)7-8-17(14)21-10-9-20-16-5-3-2-4-6-16/h2-8,12-13H,9-11,19H2,1H3. The molecule has 0 spiro atoms. The molecule has 0 amide bonds. The average molecular weight is 350 g/mol. The number of para-hydroxylation sites is 1. The Morgan fingerprint density at radius 2 is 1.76 bits per heavy atom. The summed E-state index contributed by atoms with van der Waals surface area (Å²) in [6, 6.07) is 15.8. The van der Waals surface area contributed by atoms with E-state index in [1.165, 1.54) is 0 Å². The molecule has 1 atom stereocenters. The lowest BCUT2D eigenvalue weighted by atomic mass is 10.1. The minimum absolute atomic E-state index is 0.0993. The number of nitrogens with two attached hydrogens (primary N) is 1. The quantitative estimate of drug-likeness (QED) is 0.773. The van der Waals surface area contributed by atoms with E-state index in [1.807, 2.05) is 49.4 Å². The molecule has 0 aliphatic heterocycles. The van der Waals surface area contributed by atoms with Gasteiger partial charge in [0.2, 0.25) is 0 Å². The molecule has 2 N–H and O–H groups in total. The fourth-order valence-corrected chi connectivity index (χ4v) is 2.43.